The van der Waals surface area contributed by atoms with Crippen molar-refractivity contribution in [3.8, 4) is 0 Å². The van der Waals surface area contributed by atoms with Crippen molar-refractivity contribution in [2.75, 3.05) is 13.2 Å². The molecular formula is C13H24N2O3. The van der Waals surface area contributed by atoms with Crippen LogP contribution in [0.5, 0.6) is 0 Å². The minimum absolute atomic E-state index is 0.00853. The van der Waals surface area contributed by atoms with Gasteiger partial charge in [0.05, 0.1) is 24.8 Å². The molecular weight excluding hydrogens is 232 g/mol. The van der Waals surface area contributed by atoms with Crippen LogP contribution in [0.1, 0.15) is 33.6 Å². The number of ether oxygens (including phenoxy) is 1. The first-order valence-corrected chi connectivity index (χ1v) is 6.65. The summed E-state index contributed by atoms with van der Waals surface area (Å²) in [5, 5.41) is 9.87. The predicted octanol–water partition coefficient (Wildman–Crippen LogP) is 0.111. The summed E-state index contributed by atoms with van der Waals surface area (Å²) < 4.78 is 5.47. The lowest BCUT2D eigenvalue weighted by molar-refractivity contribution is -0.135. The Morgan fingerprint density at radius 2 is 2.22 bits per heavy atom. The van der Waals surface area contributed by atoms with Crippen molar-refractivity contribution in [2.24, 2.45) is 11.1 Å². The van der Waals surface area contributed by atoms with E-state index in [4.69, 9.17) is 10.5 Å². The molecule has 2 aliphatic rings. The van der Waals surface area contributed by atoms with Gasteiger partial charge in [0.1, 0.15) is 6.10 Å². The zero-order chi connectivity index (χ0) is 13.5. The predicted molar refractivity (Wildman–Crippen MR) is 67.9 cm³/mol. The van der Waals surface area contributed by atoms with Gasteiger partial charge in [-0.15, -0.1) is 0 Å². The van der Waals surface area contributed by atoms with E-state index in [2.05, 4.69) is 20.8 Å². The standard InChI is InChI=1S/C13H24N2O3/c1-13(2,3)6-8(14)12(17)15-5-4-10-11(15)9(16)7-18-10/h8-11,16H,4-7,14H2,1-3H3/t8?,9-,10+,11+/m0/s1. The molecule has 0 saturated carbocycles. The van der Waals surface area contributed by atoms with Gasteiger partial charge in [-0.1, -0.05) is 20.8 Å². The number of likely N-dealkylation sites (tertiary alicyclic amines) is 1. The molecule has 0 bridgehead atoms. The van der Waals surface area contributed by atoms with Gasteiger partial charge in [-0.25, -0.2) is 0 Å². The molecule has 0 aromatic heterocycles. The zero-order valence-corrected chi connectivity index (χ0v) is 11.4. The summed E-state index contributed by atoms with van der Waals surface area (Å²) in [6.45, 7) is 7.18. The number of carbonyl (C=O) groups is 1. The van der Waals surface area contributed by atoms with Gasteiger partial charge in [0.15, 0.2) is 0 Å². The van der Waals surface area contributed by atoms with E-state index in [-0.39, 0.29) is 23.5 Å². The van der Waals surface area contributed by atoms with Crippen LogP contribution >= 0.6 is 0 Å². The Hall–Kier alpha value is -0.650. The van der Waals surface area contributed by atoms with Crippen LogP contribution in [0.3, 0.4) is 0 Å². The lowest BCUT2D eigenvalue weighted by Crippen LogP contribution is -2.51. The van der Waals surface area contributed by atoms with Gasteiger partial charge in [-0.2, -0.15) is 0 Å². The van der Waals surface area contributed by atoms with Crippen LogP contribution in [-0.2, 0) is 9.53 Å². The summed E-state index contributed by atoms with van der Waals surface area (Å²) in [6, 6.07) is -0.680. The van der Waals surface area contributed by atoms with Gasteiger partial charge >= 0.3 is 0 Å². The molecule has 5 heteroatoms. The number of nitrogens with zero attached hydrogens (tertiary/aromatic N) is 1. The third-order valence-corrected chi connectivity index (χ3v) is 3.70. The summed E-state index contributed by atoms with van der Waals surface area (Å²) in [6.07, 6.45) is 0.876. The van der Waals surface area contributed by atoms with Crippen molar-refractivity contribution in [2.45, 2.75) is 57.9 Å². The number of amides is 1. The van der Waals surface area contributed by atoms with Crippen molar-refractivity contribution in [1.29, 1.82) is 0 Å². The fourth-order valence-electron chi connectivity index (χ4n) is 2.96. The highest BCUT2D eigenvalue weighted by Crippen LogP contribution is 2.30. The van der Waals surface area contributed by atoms with Gasteiger partial charge < -0.3 is 20.5 Å². The maximum atomic E-state index is 12.3. The minimum atomic E-state index is -0.566. The monoisotopic (exact) mass is 256 g/mol. The van der Waals surface area contributed by atoms with E-state index >= 15 is 0 Å². The molecule has 0 spiro atoms. The first-order chi connectivity index (χ1) is 8.29. The van der Waals surface area contributed by atoms with E-state index in [1.54, 1.807) is 4.90 Å². The molecule has 2 saturated heterocycles. The van der Waals surface area contributed by atoms with Crippen molar-refractivity contribution >= 4 is 5.91 Å². The van der Waals surface area contributed by atoms with Gasteiger partial charge in [0, 0.05) is 6.54 Å². The van der Waals surface area contributed by atoms with Gasteiger partial charge in [0.25, 0.3) is 0 Å². The number of nitrogens with two attached hydrogens (primary N) is 1. The van der Waals surface area contributed by atoms with Crippen LogP contribution in [0, 0.1) is 5.41 Å². The SMILES string of the molecule is CC(C)(C)CC(N)C(=O)N1CC[C@H]2OC[C@H](O)[C@H]21. The van der Waals surface area contributed by atoms with Gasteiger partial charge in [-0.05, 0) is 18.3 Å². The number of hydrogen-bond acceptors (Lipinski definition) is 4. The minimum Gasteiger partial charge on any atom is -0.388 e. The van der Waals surface area contributed by atoms with Crippen LogP contribution < -0.4 is 5.73 Å². The quantitative estimate of drug-likeness (QED) is 0.735. The molecule has 3 N–H and O–H groups in total. The molecule has 2 heterocycles. The van der Waals surface area contributed by atoms with Gasteiger partial charge in [-0.3, -0.25) is 4.79 Å². The number of carbonyl (C=O) groups excluding carboxylic acids is 1. The summed E-state index contributed by atoms with van der Waals surface area (Å²) in [5.74, 6) is -0.0537. The number of fused-ring (bicyclic) bond motifs is 1. The van der Waals surface area contributed by atoms with Crippen molar-refractivity contribution in [3.05, 3.63) is 0 Å². The molecule has 2 aliphatic heterocycles. The Labute approximate surface area is 108 Å². The normalized spacial score (nSPS) is 33.6. The molecule has 18 heavy (non-hydrogen) atoms. The van der Waals surface area contributed by atoms with E-state index in [1.807, 2.05) is 0 Å². The molecule has 2 rings (SSSR count). The van der Waals surface area contributed by atoms with Gasteiger partial charge in [0.2, 0.25) is 5.91 Å². The topological polar surface area (TPSA) is 75.8 Å². The molecule has 1 amide bonds. The first kappa shape index (κ1) is 13.8. The van der Waals surface area contributed by atoms with E-state index in [1.165, 1.54) is 0 Å². The summed E-state index contributed by atoms with van der Waals surface area (Å²) >= 11 is 0. The largest absolute Gasteiger partial charge is 0.388 e. The van der Waals surface area contributed by atoms with Crippen LogP contribution in [0.2, 0.25) is 0 Å². The van der Waals surface area contributed by atoms with Crippen molar-refractivity contribution in [3.63, 3.8) is 0 Å². The lowest BCUT2D eigenvalue weighted by atomic mass is 9.88. The fourth-order valence-corrected chi connectivity index (χ4v) is 2.96. The second-order valence-corrected chi connectivity index (χ2v) is 6.62. The highest BCUT2D eigenvalue weighted by Gasteiger charge is 2.47. The van der Waals surface area contributed by atoms with E-state index in [0.717, 1.165) is 6.42 Å². The summed E-state index contributed by atoms with van der Waals surface area (Å²) in [4.78, 5) is 14.1. The number of rotatable bonds is 2. The van der Waals surface area contributed by atoms with E-state index in [9.17, 15) is 9.90 Å². The van der Waals surface area contributed by atoms with Crippen LogP contribution in [-0.4, -0.2) is 53.4 Å². The lowest BCUT2D eigenvalue weighted by Gasteiger charge is -2.30. The Balaban J connectivity index is 2.01. The third kappa shape index (κ3) is 2.68. The average molecular weight is 256 g/mol. The van der Waals surface area contributed by atoms with Crippen molar-refractivity contribution in [1.82, 2.24) is 4.90 Å². The molecule has 0 radical (unpaired) electrons. The van der Waals surface area contributed by atoms with Crippen LogP contribution in [0.25, 0.3) is 0 Å². The Bertz CT molecular complexity index is 327. The number of aliphatic hydroxyl groups excluding tert-OH is 1. The summed E-state index contributed by atoms with van der Waals surface area (Å²) in [7, 11) is 0. The molecule has 2 fully saturated rings. The zero-order valence-electron chi connectivity index (χ0n) is 11.4. The number of aliphatic hydroxyl groups is 1. The summed E-state index contributed by atoms with van der Waals surface area (Å²) in [5.41, 5.74) is 6.02. The Morgan fingerprint density at radius 1 is 1.56 bits per heavy atom. The van der Waals surface area contributed by atoms with Crippen LogP contribution in [0.15, 0.2) is 0 Å². The maximum absolute atomic E-state index is 12.3. The van der Waals surface area contributed by atoms with E-state index in [0.29, 0.717) is 19.6 Å². The first-order valence-electron chi connectivity index (χ1n) is 6.65. The Kier molecular flexibility index (Phi) is 3.67. The third-order valence-electron chi connectivity index (χ3n) is 3.70. The van der Waals surface area contributed by atoms with Crippen molar-refractivity contribution < 1.29 is 14.6 Å². The highest BCUT2D eigenvalue weighted by atomic mass is 16.5. The molecule has 0 aliphatic carbocycles. The average Bonchev–Trinajstić information content (AvgIpc) is 2.78. The Morgan fingerprint density at radius 3 is 2.83 bits per heavy atom. The maximum Gasteiger partial charge on any atom is 0.239 e. The molecule has 5 nitrogen and oxygen atoms in total. The second-order valence-electron chi connectivity index (χ2n) is 6.62. The smallest absolute Gasteiger partial charge is 0.239 e. The van der Waals surface area contributed by atoms with Crippen LogP contribution in [0.4, 0.5) is 0 Å². The second kappa shape index (κ2) is 4.79. The molecule has 0 aromatic carbocycles. The highest BCUT2D eigenvalue weighted by molar-refractivity contribution is 5.82. The fraction of sp³-hybridized carbons (Fsp3) is 0.923. The molecule has 104 valence electrons. The number of hydrogen-bond donors (Lipinski definition) is 2. The molecule has 1 unspecified atom stereocenters. The molecule has 4 atom stereocenters. The van der Waals surface area contributed by atoms with E-state index < -0.39 is 12.1 Å². The molecule has 0 aromatic rings.